The molecule has 1 aromatic carbocycles. The van der Waals surface area contributed by atoms with E-state index in [1.165, 1.54) is 6.20 Å². The van der Waals surface area contributed by atoms with E-state index >= 15 is 0 Å². The molecule has 1 aliphatic carbocycles. The van der Waals surface area contributed by atoms with Gasteiger partial charge in [-0.3, -0.25) is 4.79 Å². The van der Waals surface area contributed by atoms with Gasteiger partial charge in [-0.2, -0.15) is 0 Å². The molecule has 1 saturated carbocycles. The highest BCUT2D eigenvalue weighted by Crippen LogP contribution is 2.44. The SMILES string of the molecule is O=COC1C(C(=O)O)=CN(C2CC2)c2cc(F)c(F)cc21. The average molecular weight is 295 g/mol. The molecular weight excluding hydrogens is 284 g/mol. The highest BCUT2D eigenvalue weighted by molar-refractivity contribution is 5.91. The summed E-state index contributed by atoms with van der Waals surface area (Å²) in [6.07, 6.45) is 1.75. The van der Waals surface area contributed by atoms with E-state index in [2.05, 4.69) is 0 Å². The van der Waals surface area contributed by atoms with Crippen LogP contribution in [0.15, 0.2) is 23.9 Å². The second kappa shape index (κ2) is 4.83. The topological polar surface area (TPSA) is 66.8 Å². The summed E-state index contributed by atoms with van der Waals surface area (Å²) in [6, 6.07) is 1.93. The van der Waals surface area contributed by atoms with Crippen LogP contribution in [0.2, 0.25) is 0 Å². The molecule has 3 rings (SSSR count). The molecule has 1 unspecified atom stereocenters. The molecule has 21 heavy (non-hydrogen) atoms. The monoisotopic (exact) mass is 295 g/mol. The Morgan fingerprint density at radius 3 is 2.57 bits per heavy atom. The molecule has 1 heterocycles. The Kier molecular flexibility index (Phi) is 3.12. The molecule has 1 atom stereocenters. The zero-order valence-electron chi connectivity index (χ0n) is 10.8. The number of rotatable bonds is 4. The average Bonchev–Trinajstić information content (AvgIpc) is 3.25. The Labute approximate surface area is 118 Å². The zero-order valence-corrected chi connectivity index (χ0v) is 10.8. The van der Waals surface area contributed by atoms with Crippen molar-refractivity contribution in [2.75, 3.05) is 4.90 Å². The van der Waals surface area contributed by atoms with E-state index in [4.69, 9.17) is 4.74 Å². The molecule has 0 radical (unpaired) electrons. The van der Waals surface area contributed by atoms with E-state index in [9.17, 15) is 23.5 Å². The minimum absolute atomic E-state index is 0.0557. The first-order valence-corrected chi connectivity index (χ1v) is 6.34. The lowest BCUT2D eigenvalue weighted by atomic mass is 9.95. The van der Waals surface area contributed by atoms with Crippen molar-refractivity contribution in [3.8, 4) is 0 Å². The normalized spacial score (nSPS) is 20.6. The van der Waals surface area contributed by atoms with Crippen molar-refractivity contribution >= 4 is 18.1 Å². The maximum absolute atomic E-state index is 13.5. The van der Waals surface area contributed by atoms with Gasteiger partial charge in [-0.1, -0.05) is 0 Å². The number of benzene rings is 1. The van der Waals surface area contributed by atoms with Gasteiger partial charge in [-0.25, -0.2) is 13.6 Å². The number of nitrogens with zero attached hydrogens (tertiary/aromatic N) is 1. The Hall–Kier alpha value is -2.44. The minimum atomic E-state index is -1.28. The van der Waals surface area contributed by atoms with Crippen LogP contribution in [0.4, 0.5) is 14.5 Å². The van der Waals surface area contributed by atoms with Crippen LogP contribution >= 0.6 is 0 Å². The highest BCUT2D eigenvalue weighted by Gasteiger charge is 2.39. The van der Waals surface area contributed by atoms with Crippen LogP contribution in [0, 0.1) is 11.6 Å². The van der Waals surface area contributed by atoms with Crippen molar-refractivity contribution in [2.24, 2.45) is 0 Å². The van der Waals surface area contributed by atoms with Gasteiger partial charge in [-0.05, 0) is 18.9 Å². The van der Waals surface area contributed by atoms with Crippen LogP contribution in [0.1, 0.15) is 24.5 Å². The Morgan fingerprint density at radius 2 is 2.00 bits per heavy atom. The molecule has 1 aliphatic heterocycles. The largest absolute Gasteiger partial charge is 0.478 e. The van der Waals surface area contributed by atoms with Crippen molar-refractivity contribution in [2.45, 2.75) is 25.0 Å². The van der Waals surface area contributed by atoms with Crippen molar-refractivity contribution in [1.82, 2.24) is 0 Å². The van der Waals surface area contributed by atoms with Crippen LogP contribution < -0.4 is 4.90 Å². The number of carbonyl (C=O) groups is 2. The van der Waals surface area contributed by atoms with E-state index < -0.39 is 23.7 Å². The van der Waals surface area contributed by atoms with Gasteiger partial charge >= 0.3 is 5.97 Å². The van der Waals surface area contributed by atoms with Crippen LogP contribution in [0.3, 0.4) is 0 Å². The van der Waals surface area contributed by atoms with Gasteiger partial charge in [0.05, 0.1) is 11.3 Å². The molecule has 0 bridgehead atoms. The lowest BCUT2D eigenvalue weighted by Gasteiger charge is -2.32. The maximum Gasteiger partial charge on any atom is 0.337 e. The van der Waals surface area contributed by atoms with Crippen molar-refractivity contribution < 1.29 is 28.2 Å². The third kappa shape index (κ3) is 2.24. The second-order valence-electron chi connectivity index (χ2n) is 4.97. The molecule has 0 aromatic heterocycles. The summed E-state index contributed by atoms with van der Waals surface area (Å²) in [6.45, 7) is 0.0965. The summed E-state index contributed by atoms with van der Waals surface area (Å²) >= 11 is 0. The second-order valence-corrected chi connectivity index (χ2v) is 4.97. The Morgan fingerprint density at radius 1 is 1.33 bits per heavy atom. The molecule has 110 valence electrons. The highest BCUT2D eigenvalue weighted by atomic mass is 19.2. The van der Waals surface area contributed by atoms with Gasteiger partial charge in [0.2, 0.25) is 0 Å². The van der Waals surface area contributed by atoms with Gasteiger partial charge in [0.1, 0.15) is 0 Å². The molecular formula is C14H11F2NO4. The van der Waals surface area contributed by atoms with Crippen molar-refractivity contribution in [3.05, 3.63) is 41.1 Å². The number of carbonyl (C=O) groups excluding carboxylic acids is 1. The third-order valence-corrected chi connectivity index (χ3v) is 3.57. The van der Waals surface area contributed by atoms with E-state index in [-0.39, 0.29) is 23.7 Å². The first-order chi connectivity index (χ1) is 10.0. The van der Waals surface area contributed by atoms with E-state index in [1.807, 2.05) is 0 Å². The Balaban J connectivity index is 2.17. The molecule has 5 nitrogen and oxygen atoms in total. The van der Waals surface area contributed by atoms with Crippen LogP contribution in [0.5, 0.6) is 0 Å². The van der Waals surface area contributed by atoms with Gasteiger partial charge in [0.15, 0.2) is 17.7 Å². The molecule has 7 heteroatoms. The molecule has 0 amide bonds. The van der Waals surface area contributed by atoms with Crippen LogP contribution in [0.25, 0.3) is 0 Å². The molecule has 0 spiro atoms. The smallest absolute Gasteiger partial charge is 0.337 e. The number of hydrogen-bond donors (Lipinski definition) is 1. The fraction of sp³-hybridized carbons (Fsp3) is 0.286. The van der Waals surface area contributed by atoms with E-state index in [0.717, 1.165) is 25.0 Å². The van der Waals surface area contributed by atoms with Crippen molar-refractivity contribution in [1.29, 1.82) is 0 Å². The van der Waals surface area contributed by atoms with Gasteiger partial charge in [-0.15, -0.1) is 0 Å². The molecule has 1 fully saturated rings. The van der Waals surface area contributed by atoms with Crippen LogP contribution in [-0.2, 0) is 14.3 Å². The molecule has 1 aromatic rings. The fourth-order valence-corrected chi connectivity index (χ4v) is 2.46. The summed E-state index contributed by atoms with van der Waals surface area (Å²) in [5, 5.41) is 9.25. The predicted molar refractivity (Wildman–Crippen MR) is 67.5 cm³/mol. The number of aliphatic carboxylic acids is 1. The number of carboxylic acid groups (broad SMARTS) is 1. The third-order valence-electron chi connectivity index (χ3n) is 3.57. The predicted octanol–water partition coefficient (Wildman–Crippen LogP) is 2.13. The molecule has 0 saturated heterocycles. The molecule has 1 N–H and O–H groups in total. The first-order valence-electron chi connectivity index (χ1n) is 6.34. The summed E-state index contributed by atoms with van der Waals surface area (Å²) in [5.41, 5.74) is 0.272. The number of anilines is 1. The number of hydrogen-bond acceptors (Lipinski definition) is 4. The van der Waals surface area contributed by atoms with Gasteiger partial charge in [0, 0.05) is 23.9 Å². The van der Waals surface area contributed by atoms with E-state index in [0.29, 0.717) is 5.69 Å². The molecule has 2 aliphatic rings. The zero-order chi connectivity index (χ0) is 15.1. The summed E-state index contributed by atoms with van der Waals surface area (Å²) < 4.78 is 31.8. The maximum atomic E-state index is 13.5. The lowest BCUT2D eigenvalue weighted by Crippen LogP contribution is -2.30. The van der Waals surface area contributed by atoms with Gasteiger partial charge in [0.25, 0.3) is 6.47 Å². The Bertz CT molecular complexity index is 655. The fourth-order valence-electron chi connectivity index (χ4n) is 2.46. The quantitative estimate of drug-likeness (QED) is 0.862. The first kappa shape index (κ1) is 13.5. The number of ether oxygens (including phenoxy) is 1. The standard InChI is InChI=1S/C14H11F2NO4/c15-10-3-8-12(4-11(10)16)17(7-1-2-7)5-9(14(19)20)13(8)21-6-18/h3-7,13H,1-2H2,(H,19,20). The van der Waals surface area contributed by atoms with Crippen LogP contribution in [-0.4, -0.2) is 23.6 Å². The number of halogens is 2. The minimum Gasteiger partial charge on any atom is -0.478 e. The van der Waals surface area contributed by atoms with Gasteiger partial charge < -0.3 is 14.7 Å². The summed E-state index contributed by atoms with van der Waals surface area (Å²) in [4.78, 5) is 23.5. The summed E-state index contributed by atoms with van der Waals surface area (Å²) in [7, 11) is 0. The lowest BCUT2D eigenvalue weighted by molar-refractivity contribution is -0.137. The van der Waals surface area contributed by atoms with E-state index in [1.54, 1.807) is 4.90 Å². The van der Waals surface area contributed by atoms with Crippen molar-refractivity contribution in [3.63, 3.8) is 0 Å². The number of carboxylic acids is 1. The summed E-state index contributed by atoms with van der Waals surface area (Å²) in [5.74, 6) is -3.42. The number of fused-ring (bicyclic) bond motifs is 1.